The highest BCUT2D eigenvalue weighted by Crippen LogP contribution is 2.33. The molecule has 1 aromatic carbocycles. The molecule has 1 saturated carbocycles. The maximum absolute atomic E-state index is 12.1. The van der Waals surface area contributed by atoms with Crippen molar-refractivity contribution in [3.8, 4) is 0 Å². The number of hydrogen-bond acceptors (Lipinski definition) is 3. The Labute approximate surface area is 120 Å². The maximum Gasteiger partial charge on any atom is 0.224 e. The molecule has 0 bridgehead atoms. The summed E-state index contributed by atoms with van der Waals surface area (Å²) in [5.74, 6) is 0.520. The third-order valence-corrected chi connectivity index (χ3v) is 3.79. The summed E-state index contributed by atoms with van der Waals surface area (Å²) in [6.07, 6.45) is 2.91. The molecule has 1 fully saturated rings. The SMILES string of the molecule is CCOC1CC(CC(=O)Nc2ccccc2C(C)N)C1. The van der Waals surface area contributed by atoms with Crippen LogP contribution in [0, 0.1) is 5.92 Å². The van der Waals surface area contributed by atoms with E-state index in [1.165, 1.54) is 0 Å². The Morgan fingerprint density at radius 1 is 1.45 bits per heavy atom. The molecular formula is C16H24N2O2. The molecule has 2 rings (SSSR count). The lowest BCUT2D eigenvalue weighted by Crippen LogP contribution is -2.34. The van der Waals surface area contributed by atoms with E-state index in [0.29, 0.717) is 18.4 Å². The molecule has 1 aliphatic carbocycles. The summed E-state index contributed by atoms with van der Waals surface area (Å²) in [5.41, 5.74) is 7.71. The predicted molar refractivity (Wildman–Crippen MR) is 80.4 cm³/mol. The van der Waals surface area contributed by atoms with E-state index in [0.717, 1.165) is 30.7 Å². The van der Waals surface area contributed by atoms with Gasteiger partial charge in [0, 0.05) is 24.8 Å². The first-order chi connectivity index (χ1) is 9.60. The van der Waals surface area contributed by atoms with Gasteiger partial charge in [-0.05, 0) is 44.2 Å². The molecule has 3 N–H and O–H groups in total. The van der Waals surface area contributed by atoms with Gasteiger partial charge in [0.25, 0.3) is 0 Å². The molecule has 4 nitrogen and oxygen atoms in total. The first-order valence-electron chi connectivity index (χ1n) is 7.36. The van der Waals surface area contributed by atoms with Crippen LogP contribution in [-0.4, -0.2) is 18.6 Å². The molecule has 1 aliphatic rings. The third-order valence-electron chi connectivity index (χ3n) is 3.79. The normalized spacial score (nSPS) is 22.9. The number of amides is 1. The van der Waals surface area contributed by atoms with Crippen LogP contribution in [0.3, 0.4) is 0 Å². The molecule has 4 heteroatoms. The van der Waals surface area contributed by atoms with Gasteiger partial charge in [0.05, 0.1) is 6.10 Å². The average molecular weight is 276 g/mol. The minimum atomic E-state index is -0.0856. The van der Waals surface area contributed by atoms with Crippen molar-refractivity contribution in [2.24, 2.45) is 11.7 Å². The molecular weight excluding hydrogens is 252 g/mol. The van der Waals surface area contributed by atoms with E-state index in [9.17, 15) is 4.79 Å². The Kier molecular flexibility index (Phi) is 5.15. The monoisotopic (exact) mass is 276 g/mol. The quantitative estimate of drug-likeness (QED) is 0.839. The highest BCUT2D eigenvalue weighted by molar-refractivity contribution is 5.91. The van der Waals surface area contributed by atoms with Gasteiger partial charge in [0.2, 0.25) is 5.91 Å². The van der Waals surface area contributed by atoms with E-state index < -0.39 is 0 Å². The second-order valence-electron chi connectivity index (χ2n) is 5.54. The number of carbonyl (C=O) groups excluding carboxylic acids is 1. The van der Waals surface area contributed by atoms with Gasteiger partial charge in [-0.3, -0.25) is 4.79 Å². The molecule has 0 radical (unpaired) electrons. The number of para-hydroxylation sites is 1. The minimum Gasteiger partial charge on any atom is -0.378 e. The number of carbonyl (C=O) groups is 1. The lowest BCUT2D eigenvalue weighted by atomic mass is 9.80. The van der Waals surface area contributed by atoms with Crippen molar-refractivity contribution in [2.45, 2.75) is 45.3 Å². The molecule has 0 spiro atoms. The summed E-state index contributed by atoms with van der Waals surface area (Å²) in [6.45, 7) is 4.68. The number of nitrogens with two attached hydrogens (primary N) is 1. The van der Waals surface area contributed by atoms with E-state index in [1.807, 2.05) is 38.1 Å². The highest BCUT2D eigenvalue weighted by atomic mass is 16.5. The zero-order valence-corrected chi connectivity index (χ0v) is 12.3. The Morgan fingerprint density at radius 2 is 2.15 bits per heavy atom. The van der Waals surface area contributed by atoms with Crippen molar-refractivity contribution in [3.05, 3.63) is 29.8 Å². The van der Waals surface area contributed by atoms with Crippen LogP contribution in [0.1, 0.15) is 44.7 Å². The van der Waals surface area contributed by atoms with Crippen molar-refractivity contribution in [1.82, 2.24) is 0 Å². The standard InChI is InChI=1S/C16H24N2O2/c1-3-20-13-8-12(9-13)10-16(19)18-15-7-5-4-6-14(15)11(2)17/h4-7,11-13H,3,8-10,17H2,1-2H3,(H,18,19). The van der Waals surface area contributed by atoms with E-state index in [4.69, 9.17) is 10.5 Å². The van der Waals surface area contributed by atoms with E-state index in [2.05, 4.69) is 5.32 Å². The maximum atomic E-state index is 12.1. The molecule has 0 aliphatic heterocycles. The predicted octanol–water partition coefficient (Wildman–Crippen LogP) is 2.85. The molecule has 110 valence electrons. The molecule has 1 atom stereocenters. The topological polar surface area (TPSA) is 64.3 Å². The number of anilines is 1. The Hall–Kier alpha value is -1.39. The zero-order valence-electron chi connectivity index (χ0n) is 12.3. The van der Waals surface area contributed by atoms with E-state index >= 15 is 0 Å². The van der Waals surface area contributed by atoms with Crippen LogP contribution in [0.4, 0.5) is 5.69 Å². The smallest absolute Gasteiger partial charge is 0.224 e. The molecule has 0 aromatic heterocycles. The number of hydrogen-bond donors (Lipinski definition) is 2. The van der Waals surface area contributed by atoms with Gasteiger partial charge in [0.1, 0.15) is 0 Å². The lowest BCUT2D eigenvalue weighted by molar-refractivity contribution is -0.119. The number of rotatable bonds is 6. The number of nitrogens with one attached hydrogen (secondary N) is 1. The van der Waals surface area contributed by atoms with Crippen LogP contribution in [0.25, 0.3) is 0 Å². The van der Waals surface area contributed by atoms with Gasteiger partial charge in [-0.2, -0.15) is 0 Å². The average Bonchev–Trinajstić information content (AvgIpc) is 2.36. The van der Waals surface area contributed by atoms with Crippen LogP contribution < -0.4 is 11.1 Å². The second-order valence-corrected chi connectivity index (χ2v) is 5.54. The fraction of sp³-hybridized carbons (Fsp3) is 0.562. The Morgan fingerprint density at radius 3 is 2.80 bits per heavy atom. The van der Waals surface area contributed by atoms with Gasteiger partial charge in [-0.25, -0.2) is 0 Å². The summed E-state index contributed by atoms with van der Waals surface area (Å²) < 4.78 is 5.51. The zero-order chi connectivity index (χ0) is 14.5. The molecule has 20 heavy (non-hydrogen) atoms. The van der Waals surface area contributed by atoms with Crippen LogP contribution in [0.15, 0.2) is 24.3 Å². The van der Waals surface area contributed by atoms with E-state index in [1.54, 1.807) is 0 Å². The van der Waals surface area contributed by atoms with Crippen LogP contribution in [0.5, 0.6) is 0 Å². The Balaban J connectivity index is 1.84. The van der Waals surface area contributed by atoms with E-state index in [-0.39, 0.29) is 11.9 Å². The van der Waals surface area contributed by atoms with Crippen molar-refractivity contribution >= 4 is 11.6 Å². The molecule has 0 heterocycles. The second kappa shape index (κ2) is 6.86. The number of benzene rings is 1. The van der Waals surface area contributed by atoms with Crippen molar-refractivity contribution < 1.29 is 9.53 Å². The van der Waals surface area contributed by atoms with Crippen LogP contribution in [0.2, 0.25) is 0 Å². The molecule has 0 saturated heterocycles. The lowest BCUT2D eigenvalue weighted by Gasteiger charge is -2.34. The van der Waals surface area contributed by atoms with Crippen LogP contribution in [-0.2, 0) is 9.53 Å². The summed E-state index contributed by atoms with van der Waals surface area (Å²) in [5, 5.41) is 2.98. The number of ether oxygens (including phenoxy) is 1. The summed E-state index contributed by atoms with van der Waals surface area (Å²) in [7, 11) is 0. The van der Waals surface area contributed by atoms with Crippen LogP contribution >= 0.6 is 0 Å². The first-order valence-corrected chi connectivity index (χ1v) is 7.36. The minimum absolute atomic E-state index is 0.0676. The largest absolute Gasteiger partial charge is 0.378 e. The van der Waals surface area contributed by atoms with Gasteiger partial charge in [0.15, 0.2) is 0 Å². The van der Waals surface area contributed by atoms with Crippen molar-refractivity contribution in [3.63, 3.8) is 0 Å². The first kappa shape index (κ1) is 15.0. The Bertz CT molecular complexity index is 454. The van der Waals surface area contributed by atoms with Gasteiger partial charge in [-0.1, -0.05) is 18.2 Å². The summed E-state index contributed by atoms with van der Waals surface area (Å²) in [4.78, 5) is 12.1. The fourth-order valence-electron chi connectivity index (χ4n) is 2.68. The summed E-state index contributed by atoms with van der Waals surface area (Å²) >= 11 is 0. The molecule has 1 aromatic rings. The summed E-state index contributed by atoms with van der Waals surface area (Å²) in [6, 6.07) is 7.62. The molecule has 1 amide bonds. The van der Waals surface area contributed by atoms with Gasteiger partial charge < -0.3 is 15.8 Å². The third kappa shape index (κ3) is 3.81. The van der Waals surface area contributed by atoms with Crippen molar-refractivity contribution in [1.29, 1.82) is 0 Å². The van der Waals surface area contributed by atoms with Gasteiger partial charge >= 0.3 is 0 Å². The highest BCUT2D eigenvalue weighted by Gasteiger charge is 2.31. The molecule has 1 unspecified atom stereocenters. The van der Waals surface area contributed by atoms with Crippen molar-refractivity contribution in [2.75, 3.05) is 11.9 Å². The van der Waals surface area contributed by atoms with Gasteiger partial charge in [-0.15, -0.1) is 0 Å². The fourth-order valence-corrected chi connectivity index (χ4v) is 2.68.